The molecule has 0 bridgehead atoms. The predicted octanol–water partition coefficient (Wildman–Crippen LogP) is 4.64. The first-order valence-electron chi connectivity index (χ1n) is 13.1. The van der Waals surface area contributed by atoms with Crippen molar-refractivity contribution in [3.8, 4) is 5.75 Å². The second-order valence-corrected chi connectivity index (χ2v) is 12.0. The van der Waals surface area contributed by atoms with Gasteiger partial charge >= 0.3 is 6.18 Å². The summed E-state index contributed by atoms with van der Waals surface area (Å²) in [5.74, 6) is -0.733. The number of amides is 2. The van der Waals surface area contributed by atoms with Crippen LogP contribution in [0.25, 0.3) is 0 Å². The largest absolute Gasteiger partial charge is 0.497 e. The Morgan fingerprint density at radius 3 is 2.17 bits per heavy atom. The van der Waals surface area contributed by atoms with E-state index in [0.29, 0.717) is 21.7 Å². The fourth-order valence-corrected chi connectivity index (χ4v) is 5.19. The number of anilines is 1. The number of rotatable bonds is 12. The smallest absolute Gasteiger partial charge is 0.416 e. The highest BCUT2D eigenvalue weighted by Gasteiger charge is 2.35. The van der Waals surface area contributed by atoms with Crippen molar-refractivity contribution in [1.82, 2.24) is 10.2 Å². The van der Waals surface area contributed by atoms with Crippen LogP contribution < -0.4 is 14.4 Å². The van der Waals surface area contributed by atoms with Crippen LogP contribution >= 0.6 is 0 Å². The predicted molar refractivity (Wildman–Crippen MR) is 154 cm³/mol. The van der Waals surface area contributed by atoms with Crippen molar-refractivity contribution in [3.63, 3.8) is 0 Å². The molecule has 1 atom stereocenters. The molecule has 0 aliphatic carbocycles. The van der Waals surface area contributed by atoms with Crippen molar-refractivity contribution in [3.05, 3.63) is 95.6 Å². The minimum absolute atomic E-state index is 0.0980. The van der Waals surface area contributed by atoms with Crippen LogP contribution in [-0.2, 0) is 38.8 Å². The summed E-state index contributed by atoms with van der Waals surface area (Å²) in [6.45, 7) is 2.61. The van der Waals surface area contributed by atoms with Gasteiger partial charge in [0.15, 0.2) is 0 Å². The molecule has 1 N–H and O–H groups in total. The number of hydrogen-bond donors (Lipinski definition) is 1. The van der Waals surface area contributed by atoms with Crippen LogP contribution in [0, 0.1) is 0 Å². The van der Waals surface area contributed by atoms with E-state index in [9.17, 15) is 31.2 Å². The van der Waals surface area contributed by atoms with Crippen molar-refractivity contribution in [2.45, 2.75) is 45.1 Å². The van der Waals surface area contributed by atoms with E-state index in [4.69, 9.17) is 4.74 Å². The van der Waals surface area contributed by atoms with Crippen molar-refractivity contribution in [2.75, 3.05) is 24.2 Å². The van der Waals surface area contributed by atoms with E-state index in [1.807, 2.05) is 6.07 Å². The first-order chi connectivity index (χ1) is 19.7. The quantitative estimate of drug-likeness (QED) is 0.325. The molecule has 0 saturated carbocycles. The molecule has 2 amide bonds. The molecule has 3 aromatic carbocycles. The lowest BCUT2D eigenvalue weighted by Crippen LogP contribution is -2.54. The molecule has 226 valence electrons. The third kappa shape index (κ3) is 8.97. The number of sulfonamides is 1. The zero-order valence-electron chi connectivity index (χ0n) is 23.8. The number of carbonyl (C=O) groups is 2. The summed E-state index contributed by atoms with van der Waals surface area (Å²) in [6.07, 6.45) is -3.81. The number of halogens is 3. The van der Waals surface area contributed by atoms with Crippen molar-refractivity contribution >= 4 is 27.5 Å². The molecule has 0 heterocycles. The van der Waals surface area contributed by atoms with Crippen molar-refractivity contribution < 1.29 is 35.9 Å². The van der Waals surface area contributed by atoms with E-state index < -0.39 is 46.2 Å². The molecule has 0 aliphatic rings. The molecule has 0 radical (unpaired) electrons. The zero-order valence-corrected chi connectivity index (χ0v) is 24.6. The average Bonchev–Trinajstić information content (AvgIpc) is 2.92. The van der Waals surface area contributed by atoms with Crippen LogP contribution in [0.4, 0.5) is 18.9 Å². The highest BCUT2D eigenvalue weighted by atomic mass is 32.2. The Morgan fingerprint density at radius 1 is 0.929 bits per heavy atom. The molecule has 3 rings (SSSR count). The van der Waals surface area contributed by atoms with E-state index in [0.717, 1.165) is 24.0 Å². The van der Waals surface area contributed by atoms with Gasteiger partial charge in [0.1, 0.15) is 18.3 Å². The van der Waals surface area contributed by atoms with E-state index in [-0.39, 0.29) is 24.7 Å². The topological polar surface area (TPSA) is 96.0 Å². The number of hydrogen-bond acceptors (Lipinski definition) is 5. The number of alkyl halides is 3. The molecule has 42 heavy (non-hydrogen) atoms. The Labute approximate surface area is 244 Å². The second-order valence-electron chi connectivity index (χ2n) is 10.1. The SMILES string of the molecule is COc1cccc(CN(C(=O)CN(c2cccc(C(F)(F)F)c2)S(C)(=O)=O)[C@H](Cc2ccccc2)C(=O)NC(C)C)c1. The van der Waals surface area contributed by atoms with Gasteiger partial charge in [-0.25, -0.2) is 8.42 Å². The van der Waals surface area contributed by atoms with Crippen molar-refractivity contribution in [1.29, 1.82) is 0 Å². The lowest BCUT2D eigenvalue weighted by molar-refractivity contribution is -0.140. The Kier molecular flexibility index (Phi) is 10.6. The maximum atomic E-state index is 14.0. The number of nitrogens with one attached hydrogen (secondary N) is 1. The Hall–Kier alpha value is -4.06. The summed E-state index contributed by atoms with van der Waals surface area (Å²) in [5, 5.41) is 2.83. The lowest BCUT2D eigenvalue weighted by atomic mass is 10.0. The van der Waals surface area contributed by atoms with Crippen LogP contribution in [-0.4, -0.2) is 57.1 Å². The highest BCUT2D eigenvalue weighted by molar-refractivity contribution is 7.92. The van der Waals surface area contributed by atoms with Gasteiger partial charge in [-0.2, -0.15) is 13.2 Å². The molecule has 0 aromatic heterocycles. The molecule has 0 unspecified atom stereocenters. The average molecular weight is 606 g/mol. The number of nitrogens with zero attached hydrogens (tertiary/aromatic N) is 2. The van der Waals surface area contributed by atoms with Crippen LogP contribution in [0.3, 0.4) is 0 Å². The Morgan fingerprint density at radius 2 is 1.57 bits per heavy atom. The first kappa shape index (κ1) is 32.5. The zero-order chi connectivity index (χ0) is 31.1. The molecule has 3 aromatic rings. The Bertz CT molecular complexity index is 1480. The number of carbonyl (C=O) groups excluding carboxylic acids is 2. The third-order valence-corrected chi connectivity index (χ3v) is 7.47. The van der Waals surface area contributed by atoms with E-state index >= 15 is 0 Å². The van der Waals surface area contributed by atoms with Gasteiger partial charge in [-0.05, 0) is 55.3 Å². The summed E-state index contributed by atoms with van der Waals surface area (Å²) >= 11 is 0. The van der Waals surface area contributed by atoms with Gasteiger partial charge in [0.2, 0.25) is 21.8 Å². The van der Waals surface area contributed by atoms with Crippen LogP contribution in [0.5, 0.6) is 5.75 Å². The van der Waals surface area contributed by atoms with Crippen LogP contribution in [0.15, 0.2) is 78.9 Å². The fourth-order valence-electron chi connectivity index (χ4n) is 4.35. The molecule has 0 saturated heterocycles. The number of ether oxygens (including phenoxy) is 1. The molecule has 0 spiro atoms. The molecule has 0 fully saturated rings. The summed E-state index contributed by atoms with van der Waals surface area (Å²) in [7, 11) is -2.74. The lowest BCUT2D eigenvalue weighted by Gasteiger charge is -2.34. The first-order valence-corrected chi connectivity index (χ1v) is 15.0. The highest BCUT2D eigenvalue weighted by Crippen LogP contribution is 2.32. The molecule has 0 aliphatic heterocycles. The van der Waals surface area contributed by atoms with Gasteiger partial charge < -0.3 is 15.0 Å². The third-order valence-electron chi connectivity index (χ3n) is 6.33. The Balaban J connectivity index is 2.09. The molecular weight excluding hydrogens is 571 g/mol. The van der Waals surface area contributed by atoms with Gasteiger partial charge in [0.05, 0.1) is 24.6 Å². The maximum Gasteiger partial charge on any atom is 0.416 e. The maximum absolute atomic E-state index is 14.0. The van der Waals surface area contributed by atoms with Gasteiger partial charge in [0.25, 0.3) is 0 Å². The van der Waals surface area contributed by atoms with E-state index in [2.05, 4.69) is 5.32 Å². The van der Waals surface area contributed by atoms with E-state index in [1.54, 1.807) is 62.4 Å². The normalized spacial score (nSPS) is 12.5. The van der Waals surface area contributed by atoms with Gasteiger partial charge in [0, 0.05) is 19.0 Å². The molecule has 12 heteroatoms. The summed E-state index contributed by atoms with van der Waals surface area (Å²) in [4.78, 5) is 28.8. The monoisotopic (exact) mass is 605 g/mol. The summed E-state index contributed by atoms with van der Waals surface area (Å²) < 4.78 is 71.8. The van der Waals surface area contributed by atoms with Crippen LogP contribution in [0.2, 0.25) is 0 Å². The van der Waals surface area contributed by atoms with E-state index in [1.165, 1.54) is 18.1 Å². The summed E-state index contributed by atoms with van der Waals surface area (Å²) in [6, 6.07) is 18.2. The van der Waals surface area contributed by atoms with Crippen LogP contribution in [0.1, 0.15) is 30.5 Å². The minimum Gasteiger partial charge on any atom is -0.497 e. The minimum atomic E-state index is -4.72. The van der Waals surface area contributed by atoms with Gasteiger partial charge in [-0.15, -0.1) is 0 Å². The standard InChI is InChI=1S/C30H34F3N3O5S/c1-21(2)34-29(38)27(17-22-10-6-5-7-11-22)35(19-23-12-8-15-26(16-23)41-3)28(37)20-36(42(4,39)40)25-14-9-13-24(18-25)30(31,32)33/h5-16,18,21,27H,17,19-20H2,1-4H3,(H,34,38)/t27-/m1/s1. The van der Waals surface area contributed by atoms with Crippen molar-refractivity contribution in [2.24, 2.45) is 0 Å². The number of benzene rings is 3. The fraction of sp³-hybridized carbons (Fsp3) is 0.333. The number of methoxy groups -OCH3 is 1. The summed E-state index contributed by atoms with van der Waals surface area (Å²) in [5.41, 5.74) is -0.0355. The molecule has 8 nitrogen and oxygen atoms in total. The molecular formula is C30H34F3N3O5S. The van der Waals surface area contributed by atoms with Gasteiger partial charge in [-0.3, -0.25) is 13.9 Å². The van der Waals surface area contributed by atoms with Gasteiger partial charge in [-0.1, -0.05) is 48.5 Å². The second kappa shape index (κ2) is 13.7.